The molecule has 0 heterocycles. The second-order valence-corrected chi connectivity index (χ2v) is 7.15. The molecule has 0 saturated carbocycles. The Kier molecular flexibility index (Phi) is 5.93. The van der Waals surface area contributed by atoms with Gasteiger partial charge in [0.1, 0.15) is 11.4 Å². The highest BCUT2D eigenvalue weighted by Crippen LogP contribution is 2.37. The zero-order chi connectivity index (χ0) is 16.2. The van der Waals surface area contributed by atoms with Crippen LogP contribution in [0.3, 0.4) is 0 Å². The summed E-state index contributed by atoms with van der Waals surface area (Å²) in [5.41, 5.74) is -0.249. The number of methoxy groups -OCH3 is 1. The van der Waals surface area contributed by atoms with Gasteiger partial charge in [-0.1, -0.05) is 15.9 Å². The summed E-state index contributed by atoms with van der Waals surface area (Å²) in [7, 11) is -2.12. The van der Waals surface area contributed by atoms with Crippen molar-refractivity contribution in [1.29, 1.82) is 0 Å². The minimum absolute atomic E-state index is 0.107. The molecule has 1 aromatic rings. The van der Waals surface area contributed by atoms with Crippen LogP contribution in [0.4, 0.5) is 17.1 Å². The number of benzene rings is 1. The Labute approximate surface area is 131 Å². The Morgan fingerprint density at radius 2 is 2.00 bits per heavy atom. The molecule has 0 spiro atoms. The van der Waals surface area contributed by atoms with Crippen molar-refractivity contribution < 1.29 is 18.1 Å². The first-order chi connectivity index (χ1) is 9.64. The molecule has 0 aliphatic rings. The van der Waals surface area contributed by atoms with Crippen molar-refractivity contribution in [2.45, 2.75) is 13.0 Å². The van der Waals surface area contributed by atoms with E-state index in [-0.39, 0.29) is 23.1 Å². The van der Waals surface area contributed by atoms with Gasteiger partial charge < -0.3 is 10.1 Å². The van der Waals surface area contributed by atoms with E-state index in [1.165, 1.54) is 19.2 Å². The summed E-state index contributed by atoms with van der Waals surface area (Å²) < 4.78 is 30.3. The van der Waals surface area contributed by atoms with Gasteiger partial charge in [-0.3, -0.25) is 14.8 Å². The Morgan fingerprint density at radius 1 is 1.43 bits per heavy atom. The van der Waals surface area contributed by atoms with Gasteiger partial charge in [0, 0.05) is 17.6 Å². The second kappa shape index (κ2) is 7.05. The minimum Gasteiger partial charge on any atom is -0.383 e. The number of anilines is 2. The average Bonchev–Trinajstić information content (AvgIpc) is 2.24. The highest BCUT2D eigenvalue weighted by Gasteiger charge is 2.24. The molecule has 21 heavy (non-hydrogen) atoms. The summed E-state index contributed by atoms with van der Waals surface area (Å²) in [5, 5.41) is 14.2. The molecule has 8 nitrogen and oxygen atoms in total. The molecule has 0 saturated heterocycles. The molecule has 118 valence electrons. The van der Waals surface area contributed by atoms with E-state index >= 15 is 0 Å². The number of nitrogens with one attached hydrogen (secondary N) is 2. The Balaban J connectivity index is 3.32. The molecule has 1 atom stereocenters. The number of nitro benzene ring substituents is 1. The number of ether oxygens (including phenoxy) is 1. The van der Waals surface area contributed by atoms with Gasteiger partial charge in [-0.2, -0.15) is 0 Å². The first-order valence-corrected chi connectivity index (χ1v) is 8.53. The molecule has 1 aromatic carbocycles. The highest BCUT2D eigenvalue weighted by molar-refractivity contribution is 9.10. The van der Waals surface area contributed by atoms with Gasteiger partial charge in [0.25, 0.3) is 0 Å². The molecule has 0 aromatic heterocycles. The normalized spacial score (nSPS) is 12.8. The van der Waals surface area contributed by atoms with Crippen LogP contribution in [-0.4, -0.2) is 39.4 Å². The molecule has 2 N–H and O–H groups in total. The number of hydrogen-bond acceptors (Lipinski definition) is 6. The third-order valence-corrected chi connectivity index (χ3v) is 3.42. The zero-order valence-electron chi connectivity index (χ0n) is 11.7. The van der Waals surface area contributed by atoms with Crippen molar-refractivity contribution >= 4 is 43.0 Å². The standard InChI is InChI=1S/C11H16BrN3O5S/c1-7(6-20-2)13-9-4-8(12)5-10(11(9)15(16)17)14-21(3,18)19/h4-5,7,13-14H,6H2,1-3H3/t7-/m1/s1. The summed E-state index contributed by atoms with van der Waals surface area (Å²) in [5.74, 6) is 0. The summed E-state index contributed by atoms with van der Waals surface area (Å²) in [6, 6.07) is 2.66. The lowest BCUT2D eigenvalue weighted by Gasteiger charge is -2.16. The molecule has 10 heteroatoms. The number of rotatable bonds is 7. The van der Waals surface area contributed by atoms with Crippen LogP contribution in [0, 0.1) is 10.1 Å². The molecule has 0 bridgehead atoms. The summed E-state index contributed by atoms with van der Waals surface area (Å²) >= 11 is 3.20. The van der Waals surface area contributed by atoms with Crippen LogP contribution in [0.15, 0.2) is 16.6 Å². The fourth-order valence-electron chi connectivity index (χ4n) is 1.74. The lowest BCUT2D eigenvalue weighted by molar-refractivity contribution is -0.383. The van der Waals surface area contributed by atoms with E-state index in [1.807, 2.05) is 0 Å². The topological polar surface area (TPSA) is 111 Å². The van der Waals surface area contributed by atoms with Crippen LogP contribution in [0.2, 0.25) is 0 Å². The van der Waals surface area contributed by atoms with Gasteiger partial charge in [-0.25, -0.2) is 8.42 Å². The fourth-order valence-corrected chi connectivity index (χ4v) is 2.75. The van der Waals surface area contributed by atoms with Crippen molar-refractivity contribution in [2.75, 3.05) is 30.0 Å². The average molecular weight is 382 g/mol. The van der Waals surface area contributed by atoms with Gasteiger partial charge in [0.2, 0.25) is 10.0 Å². The monoisotopic (exact) mass is 381 g/mol. The van der Waals surface area contributed by atoms with E-state index in [4.69, 9.17) is 4.74 Å². The SMILES string of the molecule is COC[C@@H](C)Nc1cc(Br)cc(NS(C)(=O)=O)c1[N+](=O)[O-]. The van der Waals surface area contributed by atoms with Crippen molar-refractivity contribution in [3.8, 4) is 0 Å². The van der Waals surface area contributed by atoms with Gasteiger partial charge in [-0.05, 0) is 19.1 Å². The van der Waals surface area contributed by atoms with Crippen molar-refractivity contribution in [1.82, 2.24) is 0 Å². The van der Waals surface area contributed by atoms with Crippen LogP contribution in [0.1, 0.15) is 6.92 Å². The third-order valence-electron chi connectivity index (χ3n) is 2.37. The number of nitrogens with zero attached hydrogens (tertiary/aromatic N) is 1. The zero-order valence-corrected chi connectivity index (χ0v) is 14.1. The van der Waals surface area contributed by atoms with Crippen molar-refractivity contribution in [3.63, 3.8) is 0 Å². The largest absolute Gasteiger partial charge is 0.383 e. The Morgan fingerprint density at radius 3 is 2.48 bits per heavy atom. The molecule has 0 unspecified atom stereocenters. The molecule has 0 aliphatic carbocycles. The van der Waals surface area contributed by atoms with Crippen LogP contribution < -0.4 is 10.0 Å². The van der Waals surface area contributed by atoms with Crippen LogP contribution in [0.5, 0.6) is 0 Å². The minimum atomic E-state index is -3.63. The lowest BCUT2D eigenvalue weighted by Crippen LogP contribution is -2.22. The van der Waals surface area contributed by atoms with E-state index in [9.17, 15) is 18.5 Å². The van der Waals surface area contributed by atoms with Crippen molar-refractivity contribution in [3.05, 3.63) is 26.7 Å². The fraction of sp³-hybridized carbons (Fsp3) is 0.455. The smallest absolute Gasteiger partial charge is 0.316 e. The van der Waals surface area contributed by atoms with Crippen LogP contribution >= 0.6 is 15.9 Å². The first kappa shape index (κ1) is 17.7. The number of nitro groups is 1. The van der Waals surface area contributed by atoms with E-state index in [0.29, 0.717) is 11.1 Å². The maximum atomic E-state index is 11.3. The first-order valence-electron chi connectivity index (χ1n) is 5.85. The van der Waals surface area contributed by atoms with E-state index in [2.05, 4.69) is 26.0 Å². The van der Waals surface area contributed by atoms with Crippen LogP contribution in [0.25, 0.3) is 0 Å². The number of halogens is 1. The molecule has 1 rings (SSSR count). The molecular formula is C11H16BrN3O5S. The lowest BCUT2D eigenvalue weighted by atomic mass is 10.2. The maximum Gasteiger partial charge on any atom is 0.316 e. The van der Waals surface area contributed by atoms with Gasteiger partial charge in [-0.15, -0.1) is 0 Å². The van der Waals surface area contributed by atoms with Crippen LogP contribution in [-0.2, 0) is 14.8 Å². The second-order valence-electron chi connectivity index (χ2n) is 4.48. The molecule has 0 fully saturated rings. The van der Waals surface area contributed by atoms with Gasteiger partial charge >= 0.3 is 5.69 Å². The van der Waals surface area contributed by atoms with Gasteiger partial charge in [0.15, 0.2) is 0 Å². The Hall–Kier alpha value is -1.39. The molecule has 0 radical (unpaired) electrons. The maximum absolute atomic E-state index is 11.3. The van der Waals surface area contributed by atoms with E-state index in [1.54, 1.807) is 6.92 Å². The summed E-state index contributed by atoms with van der Waals surface area (Å²) in [4.78, 5) is 10.6. The molecular weight excluding hydrogens is 366 g/mol. The summed E-state index contributed by atoms with van der Waals surface area (Å²) in [6.07, 6.45) is 0.929. The van der Waals surface area contributed by atoms with E-state index in [0.717, 1.165) is 6.26 Å². The van der Waals surface area contributed by atoms with Gasteiger partial charge in [0.05, 0.1) is 17.8 Å². The third kappa shape index (κ3) is 5.48. The predicted octanol–water partition coefficient (Wildman–Crippen LogP) is 2.18. The molecule has 0 aliphatic heterocycles. The molecule has 0 amide bonds. The van der Waals surface area contributed by atoms with E-state index < -0.39 is 14.9 Å². The highest BCUT2D eigenvalue weighted by atomic mass is 79.9. The number of sulfonamides is 1. The predicted molar refractivity (Wildman–Crippen MR) is 84.2 cm³/mol. The Bertz CT molecular complexity index is 635. The van der Waals surface area contributed by atoms with Crippen molar-refractivity contribution in [2.24, 2.45) is 0 Å². The summed E-state index contributed by atoms with van der Waals surface area (Å²) in [6.45, 7) is 2.14. The number of hydrogen-bond donors (Lipinski definition) is 2. The quantitative estimate of drug-likeness (QED) is 0.552.